The zero-order valence-corrected chi connectivity index (χ0v) is 42.1. The van der Waals surface area contributed by atoms with Gasteiger partial charge < -0.3 is 45.1 Å². The van der Waals surface area contributed by atoms with Gasteiger partial charge in [0.05, 0.1) is 56.9 Å². The van der Waals surface area contributed by atoms with Crippen LogP contribution in [-0.2, 0) is 36.8 Å². The third-order valence-electron chi connectivity index (χ3n) is 14.8. The van der Waals surface area contributed by atoms with Gasteiger partial charge in [0.25, 0.3) is 17.3 Å². The number of sulfone groups is 1. The van der Waals surface area contributed by atoms with Crippen molar-refractivity contribution in [2.24, 2.45) is 23.7 Å². The Bertz CT molecular complexity index is 3150. The average molecular weight is 1010 g/mol. The van der Waals surface area contributed by atoms with Gasteiger partial charge in [-0.2, -0.15) is 0 Å². The van der Waals surface area contributed by atoms with Gasteiger partial charge in [0.15, 0.2) is 21.1 Å². The Hall–Kier alpha value is -6.42. The fourth-order valence-electron chi connectivity index (χ4n) is 11.2. The Balaban J connectivity index is 0.816. The predicted octanol–water partition coefficient (Wildman–Crippen LogP) is 2.67. The number of benzene rings is 1. The van der Waals surface area contributed by atoms with Crippen molar-refractivity contribution in [2.45, 2.75) is 82.6 Å². The number of aliphatic hydroxyl groups is 1. The number of hydrogen-bond acceptors (Lipinski definition) is 16. The minimum atomic E-state index is -3.65. The van der Waals surface area contributed by atoms with Crippen molar-refractivity contribution in [1.29, 1.82) is 0 Å². The fourth-order valence-corrected chi connectivity index (χ4v) is 12.9. The van der Waals surface area contributed by atoms with Crippen LogP contribution in [-0.4, -0.2) is 142 Å². The molecule has 3 amide bonds. The smallest absolute Gasteiger partial charge is 0.260 e. The Morgan fingerprint density at radius 1 is 1.11 bits per heavy atom. The summed E-state index contributed by atoms with van der Waals surface area (Å²) in [7, 11) is -2.00. The van der Waals surface area contributed by atoms with Crippen LogP contribution in [0.3, 0.4) is 0 Å². The number of likely N-dealkylation sites (tertiary alicyclic amines) is 2. The number of nitrogens with two attached hydrogens (primary N) is 1. The molecule has 8 heterocycles. The van der Waals surface area contributed by atoms with Gasteiger partial charge in [-0.25, -0.2) is 18.4 Å². The highest BCUT2D eigenvalue weighted by atomic mass is 32.2. The van der Waals surface area contributed by atoms with Crippen molar-refractivity contribution in [3.63, 3.8) is 0 Å². The van der Waals surface area contributed by atoms with Gasteiger partial charge in [-0.1, -0.05) is 38.1 Å². The molecule has 2 saturated heterocycles. The number of hydrogen-bond donors (Lipinski definition) is 4. The molecule has 1 unspecified atom stereocenters. The number of aliphatic hydroxyl groups excluding tert-OH is 1. The van der Waals surface area contributed by atoms with Crippen molar-refractivity contribution in [1.82, 2.24) is 40.0 Å². The van der Waals surface area contributed by atoms with Gasteiger partial charge in [0.1, 0.15) is 18.4 Å². The first-order valence-electron chi connectivity index (χ1n) is 23.9. The first-order chi connectivity index (χ1) is 33.8. The number of nitrogens with zero attached hydrogens (tertiary/aromatic N) is 7. The van der Waals surface area contributed by atoms with Gasteiger partial charge >= 0.3 is 0 Å². The van der Waals surface area contributed by atoms with E-state index < -0.39 is 45.1 Å². The van der Waals surface area contributed by atoms with Crippen LogP contribution in [0.5, 0.6) is 5.88 Å². The second-order valence-electron chi connectivity index (χ2n) is 20.0. The Morgan fingerprint density at radius 3 is 2.59 bits per heavy atom. The van der Waals surface area contributed by atoms with E-state index in [1.54, 1.807) is 60.2 Å². The number of amides is 3. The number of carbonyl (C=O) groups is 3. The predicted molar refractivity (Wildman–Crippen MR) is 267 cm³/mol. The van der Waals surface area contributed by atoms with Gasteiger partial charge in [0.2, 0.25) is 11.8 Å². The van der Waals surface area contributed by atoms with Crippen LogP contribution in [0.1, 0.15) is 74.1 Å². The molecule has 4 aromatic rings. The molecule has 6 aliphatic rings. The maximum absolute atomic E-state index is 14.5. The third kappa shape index (κ3) is 8.69. The average Bonchev–Trinajstić information content (AvgIpc) is 4.19. The largest absolute Gasteiger partial charge is 0.474 e. The molecule has 19 nitrogen and oxygen atoms in total. The lowest BCUT2D eigenvalue weighted by Crippen LogP contribution is -2.48. The molecular weight excluding hydrogens is 949 g/mol. The lowest BCUT2D eigenvalue weighted by atomic mass is 9.88. The topological polar surface area (TPSA) is 248 Å². The fraction of sp³-hybridized carbons (Fsp3) is 0.460. The van der Waals surface area contributed by atoms with Gasteiger partial charge in [0, 0.05) is 88.1 Å². The summed E-state index contributed by atoms with van der Waals surface area (Å²) in [6.07, 6.45) is 5.26. The number of aromatic nitrogens is 3. The summed E-state index contributed by atoms with van der Waals surface area (Å²) >= 11 is 1.55. The van der Waals surface area contributed by atoms with Crippen LogP contribution in [0.4, 0.5) is 0 Å². The number of thiazole rings is 1. The number of β-amino-alcohol motifs (C(OH)–C–C–N with tert-alkyl or cyclic N) is 1. The summed E-state index contributed by atoms with van der Waals surface area (Å²) in [6, 6.07) is 10.2. The number of aryl methyl sites for hydroxylation is 2. The van der Waals surface area contributed by atoms with Crippen LogP contribution in [0.2, 0.25) is 0 Å². The monoisotopic (exact) mass is 1010 g/mol. The quantitative estimate of drug-likeness (QED) is 0.142. The number of amidine groups is 1. The maximum Gasteiger partial charge on any atom is 0.260 e. The van der Waals surface area contributed by atoms with Crippen molar-refractivity contribution >= 4 is 56.0 Å². The lowest BCUT2D eigenvalue weighted by molar-refractivity contribution is -0.134. The number of ether oxygens (including phenoxy) is 1. The molecule has 5 aliphatic heterocycles. The SMILES string of the molecule is Cc1ncsc1-c1ccc([C@@]2(C)N=C([C@@H]3C[C@@H](O)CN3C(=O)[C@@H](c3cc(OCCN4CC[C@H](N5CCC6NC=C7C(C(N)=O)=C(CS(C)(=O)=O)c8ccn(C)c(=O)c8C5=C76)C4)no3)C(C)C)NC2=O)cc1. The molecule has 5 N–H and O–H groups in total. The van der Waals surface area contributed by atoms with Crippen LogP contribution in [0.15, 0.2) is 85.3 Å². The summed E-state index contributed by atoms with van der Waals surface area (Å²) in [6.45, 7) is 10.4. The number of nitrogens with one attached hydrogen (secondary N) is 2. The third-order valence-corrected chi connectivity index (χ3v) is 16.6. The molecule has 0 bridgehead atoms. The second-order valence-corrected chi connectivity index (χ2v) is 23.0. The number of fused-ring (bicyclic) bond motifs is 2. The molecular formula is C50H58N10O9S2. The Labute approximate surface area is 415 Å². The molecule has 0 saturated carbocycles. The molecule has 2 fully saturated rings. The standard InChI is InChI=1S/C50H58N10O9S2/c1-26(2)39(48(64)60-23-31(61)19-36(60)46-54-49(65)50(4,55-46)29-9-7-28(8-10-29)44-27(3)53-25-70-44)37-20-38(56-69-37)68-18-17-58-15-11-30(22-58)59-16-13-35-41-33(21-52-35)40(45(51)62)34(24-71(6,66)67)32-12-14-57(5)47(63)42(32)43(41)59/h7-10,12,14,20-21,25-26,30-31,35-36,39,52,61H,11,13,15-19,22-24H2,1-6H3,(H2,51,62)(H,54,55,65)/t30-,31+,35?,36-,39+,50+/m0/s1. The van der Waals surface area contributed by atoms with Gasteiger partial charge in [-0.15, -0.1) is 11.3 Å². The molecule has 10 rings (SSSR count). The molecule has 71 heavy (non-hydrogen) atoms. The van der Waals surface area contributed by atoms with E-state index in [-0.39, 0.29) is 72.0 Å². The number of pyridine rings is 1. The number of primary amides is 1. The minimum Gasteiger partial charge on any atom is -0.474 e. The van der Waals surface area contributed by atoms with Crippen molar-refractivity contribution in [3.05, 3.63) is 110 Å². The molecule has 1 aromatic carbocycles. The van der Waals surface area contributed by atoms with E-state index in [2.05, 4.69) is 30.6 Å². The summed E-state index contributed by atoms with van der Waals surface area (Å²) < 4.78 is 39.1. The van der Waals surface area contributed by atoms with Crippen molar-refractivity contribution < 1.29 is 37.2 Å². The van der Waals surface area contributed by atoms with Gasteiger partial charge in [-0.3, -0.25) is 24.1 Å². The highest BCUT2D eigenvalue weighted by Gasteiger charge is 2.49. The summed E-state index contributed by atoms with van der Waals surface area (Å²) in [5.74, 6) is -1.96. The van der Waals surface area contributed by atoms with E-state index in [4.69, 9.17) is 20.0 Å². The van der Waals surface area contributed by atoms with Gasteiger partial charge in [-0.05, 0) is 66.1 Å². The molecule has 0 radical (unpaired) electrons. The zero-order chi connectivity index (χ0) is 50.3. The van der Waals surface area contributed by atoms with Crippen LogP contribution >= 0.6 is 11.3 Å². The molecule has 1 aliphatic carbocycles. The molecule has 0 spiro atoms. The van der Waals surface area contributed by atoms with Crippen molar-refractivity contribution in [2.75, 3.05) is 51.3 Å². The molecule has 21 heteroatoms. The summed E-state index contributed by atoms with van der Waals surface area (Å²) in [4.78, 5) is 72.0. The normalized spacial score (nSPS) is 24.7. The van der Waals surface area contributed by atoms with Crippen LogP contribution in [0.25, 0.3) is 21.7 Å². The number of carbonyl (C=O) groups excluding carboxylic acids is 3. The minimum absolute atomic E-state index is 0.0151. The lowest BCUT2D eigenvalue weighted by Gasteiger charge is -2.40. The summed E-state index contributed by atoms with van der Waals surface area (Å²) in [5, 5.41) is 21.5. The zero-order valence-electron chi connectivity index (χ0n) is 40.5. The molecule has 374 valence electrons. The number of aliphatic imine (C=N–C) groups is 1. The first-order valence-corrected chi connectivity index (χ1v) is 26.9. The summed E-state index contributed by atoms with van der Waals surface area (Å²) in [5.41, 5.74) is 12.0. The Kier molecular flexibility index (Phi) is 12.4. The highest BCUT2D eigenvalue weighted by Crippen LogP contribution is 2.47. The first kappa shape index (κ1) is 48.2. The Morgan fingerprint density at radius 2 is 1.89 bits per heavy atom. The van der Waals surface area contributed by atoms with E-state index >= 15 is 0 Å². The van der Waals surface area contributed by atoms with E-state index in [9.17, 15) is 32.7 Å². The molecule has 3 aromatic heterocycles. The second kappa shape index (κ2) is 18.3. The van der Waals surface area contributed by atoms with Crippen LogP contribution < -0.4 is 26.7 Å². The van der Waals surface area contributed by atoms with E-state index in [0.29, 0.717) is 65.6 Å². The van der Waals surface area contributed by atoms with Crippen molar-refractivity contribution in [3.8, 4) is 16.3 Å². The molecule has 6 atom stereocenters. The van der Waals surface area contributed by atoms with E-state index in [1.165, 1.54) is 4.57 Å². The highest BCUT2D eigenvalue weighted by molar-refractivity contribution is 7.91. The van der Waals surface area contributed by atoms with E-state index in [0.717, 1.165) is 40.9 Å². The van der Waals surface area contributed by atoms with Crippen LogP contribution in [0, 0.1) is 12.8 Å². The number of rotatable bonds is 14. The van der Waals surface area contributed by atoms with E-state index in [1.807, 2.05) is 45.0 Å². The maximum atomic E-state index is 14.5.